The summed E-state index contributed by atoms with van der Waals surface area (Å²) in [6.45, 7) is 5.77. The highest BCUT2D eigenvalue weighted by Crippen LogP contribution is 2.16. The Labute approximate surface area is 114 Å². The number of tetrazole rings is 1. The van der Waals surface area contributed by atoms with E-state index in [1.54, 1.807) is 4.68 Å². The molecular weight excluding hydrogens is 268 g/mol. The highest BCUT2D eigenvalue weighted by Gasteiger charge is 2.26. The number of thioether (sulfide) groups is 1. The summed E-state index contributed by atoms with van der Waals surface area (Å²) in [6.07, 6.45) is 0. The largest absolute Gasteiger partial charge is 0.336 e. The molecule has 1 aromatic heterocycles. The van der Waals surface area contributed by atoms with Crippen molar-refractivity contribution in [1.82, 2.24) is 30.4 Å². The van der Waals surface area contributed by atoms with Crippen LogP contribution in [0.4, 0.5) is 4.79 Å². The van der Waals surface area contributed by atoms with E-state index in [4.69, 9.17) is 0 Å². The van der Waals surface area contributed by atoms with Crippen molar-refractivity contribution < 1.29 is 9.59 Å². The van der Waals surface area contributed by atoms with Crippen LogP contribution >= 0.6 is 11.8 Å². The number of nitrogens with zero attached hydrogens (tertiary/aromatic N) is 5. The average Bonchev–Trinajstić information content (AvgIpc) is 2.94. The summed E-state index contributed by atoms with van der Waals surface area (Å²) in [5.74, 6) is 0.355. The van der Waals surface area contributed by atoms with Crippen LogP contribution in [-0.2, 0) is 11.3 Å². The van der Waals surface area contributed by atoms with E-state index in [9.17, 15) is 9.59 Å². The molecule has 0 unspecified atom stereocenters. The molecule has 1 saturated heterocycles. The minimum atomic E-state index is -0.327. The number of urea groups is 1. The third-order valence-electron chi connectivity index (χ3n) is 2.52. The summed E-state index contributed by atoms with van der Waals surface area (Å²) in [6, 6.07) is -0.327. The topological polar surface area (TPSA) is 93.0 Å². The zero-order chi connectivity index (χ0) is 13.8. The molecular formula is C10H16N6O2S. The van der Waals surface area contributed by atoms with E-state index < -0.39 is 0 Å². The minimum absolute atomic E-state index is 0.159. The summed E-state index contributed by atoms with van der Waals surface area (Å²) in [7, 11) is 0. The van der Waals surface area contributed by atoms with Crippen LogP contribution in [0.15, 0.2) is 5.16 Å². The molecule has 19 heavy (non-hydrogen) atoms. The quantitative estimate of drug-likeness (QED) is 0.763. The van der Waals surface area contributed by atoms with Crippen LogP contribution in [0.1, 0.15) is 13.8 Å². The van der Waals surface area contributed by atoms with Gasteiger partial charge in [-0.3, -0.25) is 9.69 Å². The van der Waals surface area contributed by atoms with Crippen LogP contribution in [0.2, 0.25) is 0 Å². The molecule has 1 aromatic rings. The van der Waals surface area contributed by atoms with Gasteiger partial charge in [0.2, 0.25) is 11.1 Å². The minimum Gasteiger partial charge on any atom is -0.336 e. The molecule has 1 aliphatic rings. The molecule has 3 amide bonds. The van der Waals surface area contributed by atoms with E-state index in [-0.39, 0.29) is 17.7 Å². The fraction of sp³-hybridized carbons (Fsp3) is 0.700. The lowest BCUT2D eigenvalue weighted by atomic mass is 10.2. The number of imide groups is 1. The van der Waals surface area contributed by atoms with E-state index in [1.807, 2.05) is 0 Å². The third-order valence-corrected chi connectivity index (χ3v) is 3.46. The molecule has 8 nitrogen and oxygen atoms in total. The lowest BCUT2D eigenvalue weighted by Gasteiger charge is -2.11. The van der Waals surface area contributed by atoms with Crippen molar-refractivity contribution in [3.63, 3.8) is 0 Å². The molecule has 2 heterocycles. The van der Waals surface area contributed by atoms with Crippen molar-refractivity contribution in [3.05, 3.63) is 0 Å². The van der Waals surface area contributed by atoms with E-state index in [1.165, 1.54) is 16.7 Å². The smallest absolute Gasteiger partial charge is 0.324 e. The highest BCUT2D eigenvalue weighted by molar-refractivity contribution is 7.99. The Morgan fingerprint density at radius 3 is 2.95 bits per heavy atom. The maximum Gasteiger partial charge on any atom is 0.324 e. The predicted octanol–water partition coefficient (Wildman–Crippen LogP) is -0.0270. The fourth-order valence-corrected chi connectivity index (χ4v) is 2.44. The number of carbonyl (C=O) groups is 2. The number of rotatable bonds is 5. The summed E-state index contributed by atoms with van der Waals surface area (Å²) in [5, 5.41) is 14.6. The van der Waals surface area contributed by atoms with Crippen molar-refractivity contribution in [1.29, 1.82) is 0 Å². The van der Waals surface area contributed by atoms with Crippen LogP contribution in [-0.4, -0.2) is 55.9 Å². The first-order valence-corrected chi connectivity index (χ1v) is 7.03. The van der Waals surface area contributed by atoms with Gasteiger partial charge in [0.05, 0.1) is 5.75 Å². The van der Waals surface area contributed by atoms with Crippen molar-refractivity contribution in [2.24, 2.45) is 5.92 Å². The predicted molar refractivity (Wildman–Crippen MR) is 68.5 cm³/mol. The number of nitrogens with one attached hydrogen (secondary N) is 1. The van der Waals surface area contributed by atoms with E-state index in [0.29, 0.717) is 30.7 Å². The van der Waals surface area contributed by atoms with Gasteiger partial charge in [-0.1, -0.05) is 25.6 Å². The second-order valence-electron chi connectivity index (χ2n) is 4.60. The molecule has 0 atom stereocenters. The number of hydrogen-bond donors (Lipinski definition) is 1. The van der Waals surface area contributed by atoms with Crippen LogP contribution < -0.4 is 5.32 Å². The normalized spacial score (nSPS) is 15.1. The lowest BCUT2D eigenvalue weighted by Crippen LogP contribution is -2.35. The highest BCUT2D eigenvalue weighted by atomic mass is 32.2. The SMILES string of the molecule is CC(C)Cn1nnnc1SCC(=O)N1CCNC1=O. The average molecular weight is 284 g/mol. The van der Waals surface area contributed by atoms with Gasteiger partial charge in [0.25, 0.3) is 0 Å². The first-order valence-electron chi connectivity index (χ1n) is 6.05. The van der Waals surface area contributed by atoms with Crippen molar-refractivity contribution in [3.8, 4) is 0 Å². The molecule has 0 saturated carbocycles. The van der Waals surface area contributed by atoms with Crippen molar-refractivity contribution >= 4 is 23.7 Å². The van der Waals surface area contributed by atoms with Gasteiger partial charge in [-0.25, -0.2) is 9.48 Å². The molecule has 0 bridgehead atoms. The number of carbonyl (C=O) groups excluding carboxylic acids is 2. The summed E-state index contributed by atoms with van der Waals surface area (Å²) in [5.41, 5.74) is 0. The van der Waals surface area contributed by atoms with Gasteiger partial charge in [0.1, 0.15) is 0 Å². The lowest BCUT2D eigenvalue weighted by molar-refractivity contribution is -0.124. The summed E-state index contributed by atoms with van der Waals surface area (Å²) < 4.78 is 1.67. The second-order valence-corrected chi connectivity index (χ2v) is 5.55. The Kier molecular flexibility index (Phi) is 4.35. The van der Waals surface area contributed by atoms with Crippen LogP contribution in [0, 0.1) is 5.92 Å². The standard InChI is InChI=1S/C10H16N6O2S/c1-7(2)5-16-10(12-13-14-16)19-6-8(17)15-4-3-11-9(15)18/h7H,3-6H2,1-2H3,(H,11,18). The van der Waals surface area contributed by atoms with Crippen LogP contribution in [0.3, 0.4) is 0 Å². The Balaban J connectivity index is 1.90. The van der Waals surface area contributed by atoms with E-state index in [0.717, 1.165) is 0 Å². The molecule has 1 aliphatic heterocycles. The van der Waals surface area contributed by atoms with E-state index in [2.05, 4.69) is 34.7 Å². The summed E-state index contributed by atoms with van der Waals surface area (Å²) >= 11 is 1.25. The zero-order valence-corrected chi connectivity index (χ0v) is 11.7. The molecule has 2 rings (SSSR count). The third kappa shape index (κ3) is 3.43. The van der Waals surface area contributed by atoms with Gasteiger partial charge >= 0.3 is 6.03 Å². The first kappa shape index (κ1) is 13.8. The molecule has 0 aliphatic carbocycles. The van der Waals surface area contributed by atoms with Gasteiger partial charge in [0.15, 0.2) is 0 Å². The maximum atomic E-state index is 11.9. The Hall–Kier alpha value is -1.64. The molecule has 0 aromatic carbocycles. The van der Waals surface area contributed by atoms with Crippen molar-refractivity contribution in [2.75, 3.05) is 18.8 Å². The first-order chi connectivity index (χ1) is 9.08. The number of hydrogen-bond acceptors (Lipinski definition) is 6. The van der Waals surface area contributed by atoms with Gasteiger partial charge < -0.3 is 5.32 Å². The molecule has 0 spiro atoms. The van der Waals surface area contributed by atoms with Gasteiger partial charge in [-0.15, -0.1) is 5.10 Å². The monoisotopic (exact) mass is 284 g/mol. The molecule has 1 fully saturated rings. The molecule has 104 valence electrons. The van der Waals surface area contributed by atoms with Gasteiger partial charge in [-0.2, -0.15) is 0 Å². The summed E-state index contributed by atoms with van der Waals surface area (Å²) in [4.78, 5) is 24.4. The Bertz CT molecular complexity index is 474. The second kappa shape index (κ2) is 6.00. The van der Waals surface area contributed by atoms with Gasteiger partial charge in [0, 0.05) is 19.6 Å². The maximum absolute atomic E-state index is 11.9. The molecule has 0 radical (unpaired) electrons. The zero-order valence-electron chi connectivity index (χ0n) is 10.9. The Morgan fingerprint density at radius 1 is 1.53 bits per heavy atom. The van der Waals surface area contributed by atoms with Crippen LogP contribution in [0.5, 0.6) is 0 Å². The van der Waals surface area contributed by atoms with Gasteiger partial charge in [-0.05, 0) is 16.3 Å². The molecule has 9 heteroatoms. The molecule has 1 N–H and O–H groups in total. The van der Waals surface area contributed by atoms with Crippen molar-refractivity contribution in [2.45, 2.75) is 25.5 Å². The Morgan fingerprint density at radius 2 is 2.32 bits per heavy atom. The fourth-order valence-electron chi connectivity index (χ4n) is 1.67. The van der Waals surface area contributed by atoms with Crippen LogP contribution in [0.25, 0.3) is 0 Å². The number of amides is 3. The number of aromatic nitrogens is 4. The van der Waals surface area contributed by atoms with E-state index >= 15 is 0 Å².